The standard InChI is InChI=1S/C22H13F3N6O2/c1-10(2)31-18-13(8-26)14(24)5-6-16(18)30-9-27-17(19(30)22(31)32)20-28-21(33-29-20)12-4-3-11(23)7-15(12)25/h3-7,9-10H,1-2H3. The molecule has 0 saturated carbocycles. The summed E-state index contributed by atoms with van der Waals surface area (Å²) >= 11 is 0. The van der Waals surface area contributed by atoms with Crippen molar-refractivity contribution in [2.75, 3.05) is 0 Å². The van der Waals surface area contributed by atoms with Crippen LogP contribution in [0.15, 0.2) is 46.0 Å². The van der Waals surface area contributed by atoms with Crippen LogP contribution in [0.2, 0.25) is 0 Å². The molecule has 2 aromatic carbocycles. The van der Waals surface area contributed by atoms with E-state index in [1.54, 1.807) is 13.8 Å². The highest BCUT2D eigenvalue weighted by atomic mass is 19.1. The Morgan fingerprint density at radius 2 is 1.88 bits per heavy atom. The maximum atomic E-state index is 14.3. The van der Waals surface area contributed by atoms with Crippen LogP contribution < -0.4 is 5.56 Å². The van der Waals surface area contributed by atoms with Crippen molar-refractivity contribution in [1.29, 1.82) is 5.26 Å². The van der Waals surface area contributed by atoms with Crippen molar-refractivity contribution in [1.82, 2.24) is 24.1 Å². The van der Waals surface area contributed by atoms with Gasteiger partial charge in [-0.1, -0.05) is 5.16 Å². The van der Waals surface area contributed by atoms with E-state index in [9.17, 15) is 23.2 Å². The van der Waals surface area contributed by atoms with Crippen LogP contribution in [-0.2, 0) is 0 Å². The lowest BCUT2D eigenvalue weighted by atomic mass is 10.1. The first-order chi connectivity index (χ1) is 15.8. The van der Waals surface area contributed by atoms with Crippen LogP contribution in [0.5, 0.6) is 0 Å². The van der Waals surface area contributed by atoms with E-state index in [0.717, 1.165) is 18.2 Å². The molecule has 0 fully saturated rings. The summed E-state index contributed by atoms with van der Waals surface area (Å²) in [4.78, 5) is 21.8. The number of nitrogens with zero attached hydrogens (tertiary/aromatic N) is 6. The second-order valence-electron chi connectivity index (χ2n) is 7.53. The van der Waals surface area contributed by atoms with Gasteiger partial charge in [-0.05, 0) is 38.1 Å². The van der Waals surface area contributed by atoms with Gasteiger partial charge in [0, 0.05) is 12.1 Å². The van der Waals surface area contributed by atoms with E-state index in [-0.39, 0.29) is 39.6 Å². The molecule has 0 aliphatic carbocycles. The Kier molecular flexibility index (Phi) is 4.52. The number of fused-ring (bicyclic) bond motifs is 3. The van der Waals surface area contributed by atoms with E-state index in [4.69, 9.17) is 4.52 Å². The van der Waals surface area contributed by atoms with E-state index >= 15 is 0 Å². The Morgan fingerprint density at radius 3 is 2.58 bits per heavy atom. The van der Waals surface area contributed by atoms with Crippen molar-refractivity contribution >= 4 is 16.6 Å². The maximum Gasteiger partial charge on any atom is 0.278 e. The third-order valence-corrected chi connectivity index (χ3v) is 5.22. The molecule has 11 heteroatoms. The Morgan fingerprint density at radius 1 is 1.09 bits per heavy atom. The second kappa shape index (κ2) is 7.30. The SMILES string of the molecule is CC(C)n1c(=O)c2c(-c3noc(-c4ccc(F)cc4F)n3)ncn2c2ccc(F)c(C#N)c21. The third-order valence-electron chi connectivity index (χ3n) is 5.22. The first-order valence-electron chi connectivity index (χ1n) is 9.75. The molecular weight excluding hydrogens is 437 g/mol. The molecule has 3 heterocycles. The van der Waals surface area contributed by atoms with E-state index in [0.29, 0.717) is 11.6 Å². The number of rotatable bonds is 3. The molecule has 0 N–H and O–H groups in total. The fourth-order valence-corrected chi connectivity index (χ4v) is 3.80. The van der Waals surface area contributed by atoms with Gasteiger partial charge >= 0.3 is 0 Å². The smallest absolute Gasteiger partial charge is 0.278 e. The van der Waals surface area contributed by atoms with Crippen LogP contribution in [0.4, 0.5) is 13.2 Å². The summed E-state index contributed by atoms with van der Waals surface area (Å²) in [6.07, 6.45) is 1.33. The average Bonchev–Trinajstić information content (AvgIpc) is 3.41. The second-order valence-corrected chi connectivity index (χ2v) is 7.53. The molecule has 5 rings (SSSR count). The number of aromatic nitrogens is 5. The molecule has 0 radical (unpaired) electrons. The highest BCUT2D eigenvalue weighted by Crippen LogP contribution is 2.29. The minimum absolute atomic E-state index is 0.0525. The molecule has 0 spiro atoms. The monoisotopic (exact) mass is 450 g/mol. The first-order valence-corrected chi connectivity index (χ1v) is 9.75. The highest BCUT2D eigenvalue weighted by molar-refractivity contribution is 5.87. The quantitative estimate of drug-likeness (QED) is 0.408. The van der Waals surface area contributed by atoms with E-state index in [1.165, 1.54) is 21.4 Å². The topological polar surface area (TPSA) is 102 Å². The number of halogens is 3. The van der Waals surface area contributed by atoms with Gasteiger partial charge in [0.25, 0.3) is 11.4 Å². The predicted octanol–water partition coefficient (Wildman–Crippen LogP) is 4.24. The molecule has 0 bridgehead atoms. The van der Waals surface area contributed by atoms with E-state index < -0.39 is 29.1 Å². The highest BCUT2D eigenvalue weighted by Gasteiger charge is 2.24. The summed E-state index contributed by atoms with van der Waals surface area (Å²) in [7, 11) is 0. The van der Waals surface area contributed by atoms with Gasteiger partial charge in [-0.15, -0.1) is 0 Å². The van der Waals surface area contributed by atoms with Gasteiger partial charge in [-0.2, -0.15) is 10.2 Å². The van der Waals surface area contributed by atoms with Crippen molar-refractivity contribution in [2.45, 2.75) is 19.9 Å². The Labute approximate surface area is 183 Å². The molecule has 0 atom stereocenters. The molecule has 0 saturated heterocycles. The largest absolute Gasteiger partial charge is 0.333 e. The minimum Gasteiger partial charge on any atom is -0.333 e. The average molecular weight is 450 g/mol. The number of hydrogen-bond donors (Lipinski definition) is 0. The molecule has 5 aromatic rings. The van der Waals surface area contributed by atoms with E-state index in [2.05, 4.69) is 15.1 Å². The van der Waals surface area contributed by atoms with Crippen molar-refractivity contribution in [3.8, 4) is 29.0 Å². The third kappa shape index (κ3) is 2.99. The van der Waals surface area contributed by atoms with Crippen molar-refractivity contribution in [3.63, 3.8) is 0 Å². The predicted molar refractivity (Wildman–Crippen MR) is 111 cm³/mol. The van der Waals surface area contributed by atoms with Crippen molar-refractivity contribution in [2.24, 2.45) is 0 Å². The van der Waals surface area contributed by atoms with Crippen LogP contribution >= 0.6 is 0 Å². The lowest BCUT2D eigenvalue weighted by Crippen LogP contribution is -2.25. The summed E-state index contributed by atoms with van der Waals surface area (Å²) in [6, 6.07) is 6.88. The van der Waals surface area contributed by atoms with Gasteiger partial charge in [0.15, 0.2) is 0 Å². The zero-order chi connectivity index (χ0) is 23.4. The normalized spacial score (nSPS) is 11.5. The number of hydrogen-bond acceptors (Lipinski definition) is 6. The summed E-state index contributed by atoms with van der Waals surface area (Å²) < 4.78 is 49.5. The summed E-state index contributed by atoms with van der Waals surface area (Å²) in [5.41, 5.74) is -0.289. The van der Waals surface area contributed by atoms with Gasteiger partial charge in [0.05, 0.1) is 16.6 Å². The lowest BCUT2D eigenvalue weighted by Gasteiger charge is -2.16. The van der Waals surface area contributed by atoms with Gasteiger partial charge in [0.2, 0.25) is 5.82 Å². The van der Waals surface area contributed by atoms with Gasteiger partial charge < -0.3 is 9.09 Å². The number of benzene rings is 2. The zero-order valence-electron chi connectivity index (χ0n) is 17.2. The molecule has 0 unspecified atom stereocenters. The van der Waals surface area contributed by atoms with Gasteiger partial charge in [-0.3, -0.25) is 9.20 Å². The molecule has 0 aliphatic rings. The van der Waals surface area contributed by atoms with Crippen LogP contribution in [-0.4, -0.2) is 24.1 Å². The summed E-state index contributed by atoms with van der Waals surface area (Å²) in [5.74, 6) is -2.71. The first kappa shape index (κ1) is 20.4. The molecule has 164 valence electrons. The maximum absolute atomic E-state index is 14.3. The molecule has 8 nitrogen and oxygen atoms in total. The molecule has 3 aromatic heterocycles. The number of imidazole rings is 1. The molecule has 33 heavy (non-hydrogen) atoms. The van der Waals surface area contributed by atoms with Gasteiger partial charge in [-0.25, -0.2) is 18.2 Å². The molecular formula is C22H13F3N6O2. The fraction of sp³-hybridized carbons (Fsp3) is 0.136. The van der Waals surface area contributed by atoms with Gasteiger partial charge in [0.1, 0.15) is 46.6 Å². The zero-order valence-corrected chi connectivity index (χ0v) is 17.2. The minimum atomic E-state index is -0.890. The Balaban J connectivity index is 1.80. The fourth-order valence-electron chi connectivity index (χ4n) is 3.80. The van der Waals surface area contributed by atoms with E-state index in [1.807, 2.05) is 6.07 Å². The summed E-state index contributed by atoms with van der Waals surface area (Å²) in [5, 5.41) is 13.3. The Bertz CT molecular complexity index is 1680. The van der Waals surface area contributed by atoms with Crippen LogP contribution in [0.3, 0.4) is 0 Å². The number of nitriles is 1. The van der Waals surface area contributed by atoms with Crippen LogP contribution in [0.1, 0.15) is 25.5 Å². The van der Waals surface area contributed by atoms with Crippen molar-refractivity contribution in [3.05, 3.63) is 70.0 Å². The summed E-state index contributed by atoms with van der Waals surface area (Å²) in [6.45, 7) is 3.45. The molecule has 0 aliphatic heterocycles. The molecule has 0 amide bonds. The Hall–Kier alpha value is -4.46. The van der Waals surface area contributed by atoms with Crippen molar-refractivity contribution < 1.29 is 17.7 Å². The van der Waals surface area contributed by atoms with Crippen LogP contribution in [0.25, 0.3) is 39.5 Å². The lowest BCUT2D eigenvalue weighted by molar-refractivity contribution is 0.429. The van der Waals surface area contributed by atoms with Crippen LogP contribution in [0, 0.1) is 28.8 Å².